The van der Waals surface area contributed by atoms with Crippen molar-refractivity contribution in [1.29, 1.82) is 0 Å². The minimum atomic E-state index is -0.643. The van der Waals surface area contributed by atoms with Crippen molar-refractivity contribution >= 4 is 11.9 Å². The Morgan fingerprint density at radius 1 is 1.29 bits per heavy atom. The van der Waals surface area contributed by atoms with Crippen LogP contribution in [-0.2, 0) is 19.1 Å². The van der Waals surface area contributed by atoms with E-state index < -0.39 is 10.8 Å². The number of carbonyl (C=O) groups excluding carboxylic acids is 2. The van der Waals surface area contributed by atoms with Crippen molar-refractivity contribution in [2.45, 2.75) is 40.7 Å². The summed E-state index contributed by atoms with van der Waals surface area (Å²) in [4.78, 5) is 24.0. The fourth-order valence-electron chi connectivity index (χ4n) is 2.87. The molecule has 0 aromatic rings. The van der Waals surface area contributed by atoms with Crippen LogP contribution in [0, 0.1) is 22.7 Å². The Morgan fingerprint density at radius 3 is 2.52 bits per heavy atom. The molecule has 1 heterocycles. The van der Waals surface area contributed by atoms with Crippen LogP contribution in [0.4, 0.5) is 0 Å². The van der Waals surface area contributed by atoms with Gasteiger partial charge in [0.1, 0.15) is 6.10 Å². The van der Waals surface area contributed by atoms with Crippen molar-refractivity contribution in [1.82, 2.24) is 0 Å². The van der Waals surface area contributed by atoms with Gasteiger partial charge in [0.05, 0.1) is 17.4 Å². The number of esters is 2. The lowest BCUT2D eigenvalue weighted by atomic mass is 9.77. The third-order valence-electron chi connectivity index (χ3n) is 4.63. The van der Waals surface area contributed by atoms with Crippen LogP contribution in [0.2, 0.25) is 0 Å². The molecule has 0 radical (unpaired) electrons. The van der Waals surface area contributed by atoms with E-state index in [2.05, 4.69) is 0 Å². The van der Waals surface area contributed by atoms with Gasteiger partial charge >= 0.3 is 11.9 Å². The molecule has 2 aliphatic rings. The van der Waals surface area contributed by atoms with E-state index in [4.69, 9.17) is 9.47 Å². The number of hydrogen-bond donors (Lipinski definition) is 0. The highest BCUT2D eigenvalue weighted by molar-refractivity contribution is 5.80. The molecule has 0 saturated carbocycles. The molecule has 0 aromatic carbocycles. The maximum Gasteiger partial charge on any atom is 0.312 e. The predicted molar refractivity (Wildman–Crippen MR) is 79.3 cm³/mol. The van der Waals surface area contributed by atoms with Gasteiger partial charge in [0.25, 0.3) is 0 Å². The van der Waals surface area contributed by atoms with Crippen LogP contribution < -0.4 is 0 Å². The molecule has 0 spiro atoms. The minimum absolute atomic E-state index is 0.00393. The first-order chi connectivity index (χ1) is 9.71. The van der Waals surface area contributed by atoms with E-state index >= 15 is 0 Å². The third kappa shape index (κ3) is 2.63. The molecule has 2 rings (SSSR count). The fourth-order valence-corrected chi connectivity index (χ4v) is 2.87. The number of carbonyl (C=O) groups is 2. The van der Waals surface area contributed by atoms with E-state index in [1.807, 2.05) is 52.0 Å². The van der Waals surface area contributed by atoms with Crippen LogP contribution in [0.3, 0.4) is 0 Å². The van der Waals surface area contributed by atoms with E-state index in [1.54, 1.807) is 6.92 Å². The van der Waals surface area contributed by atoms with Gasteiger partial charge < -0.3 is 9.47 Å². The molecule has 0 aromatic heterocycles. The summed E-state index contributed by atoms with van der Waals surface area (Å²) in [5, 5.41) is 0. The van der Waals surface area contributed by atoms with Crippen LogP contribution in [0.25, 0.3) is 0 Å². The zero-order chi connectivity index (χ0) is 15.8. The number of fused-ring (bicyclic) bond motifs is 1. The first-order valence-corrected chi connectivity index (χ1v) is 7.46. The summed E-state index contributed by atoms with van der Waals surface area (Å²) in [5.74, 6) is -0.455. The zero-order valence-corrected chi connectivity index (χ0v) is 13.4. The van der Waals surface area contributed by atoms with Crippen LogP contribution in [0.1, 0.15) is 34.6 Å². The number of rotatable bonds is 3. The summed E-state index contributed by atoms with van der Waals surface area (Å²) in [5.41, 5.74) is -1.18. The molecule has 1 aliphatic heterocycles. The Bertz CT molecular complexity index is 499. The van der Waals surface area contributed by atoms with Gasteiger partial charge in [-0.05, 0) is 40.7 Å². The molecule has 4 heteroatoms. The number of hydrogen-bond acceptors (Lipinski definition) is 4. The lowest BCUT2D eigenvalue weighted by Crippen LogP contribution is -2.33. The van der Waals surface area contributed by atoms with Crippen LogP contribution in [-0.4, -0.2) is 24.6 Å². The van der Waals surface area contributed by atoms with Gasteiger partial charge in [-0.25, -0.2) is 0 Å². The van der Waals surface area contributed by atoms with Crippen molar-refractivity contribution < 1.29 is 19.1 Å². The first-order valence-electron chi connectivity index (χ1n) is 7.46. The van der Waals surface area contributed by atoms with E-state index in [0.717, 1.165) is 0 Å². The second kappa shape index (κ2) is 5.32. The molecule has 3 unspecified atom stereocenters. The standard InChI is InChI=1S/C17H24O4/c1-6-20-14(18)16(2,3)11-7-9-12-13(10-8-11)21-15(19)17(12,4)5/h7-13H,6H2,1-5H3. The number of ether oxygens (including phenoxy) is 2. The second-order valence-electron chi connectivity index (χ2n) is 6.86. The highest BCUT2D eigenvalue weighted by Gasteiger charge is 2.50. The summed E-state index contributed by atoms with van der Waals surface area (Å²) in [6, 6.07) is 0. The normalized spacial score (nSPS) is 30.5. The molecule has 21 heavy (non-hydrogen) atoms. The number of allylic oxidation sites excluding steroid dienone is 2. The van der Waals surface area contributed by atoms with Crippen molar-refractivity contribution in [2.75, 3.05) is 6.61 Å². The molecule has 1 saturated heterocycles. The maximum absolute atomic E-state index is 12.1. The zero-order valence-electron chi connectivity index (χ0n) is 13.4. The largest absolute Gasteiger partial charge is 0.466 e. The second-order valence-corrected chi connectivity index (χ2v) is 6.86. The summed E-state index contributed by atoms with van der Waals surface area (Å²) in [6.07, 6.45) is 7.63. The molecular weight excluding hydrogens is 268 g/mol. The van der Waals surface area contributed by atoms with Crippen LogP contribution in [0.15, 0.2) is 24.3 Å². The molecule has 0 bridgehead atoms. The molecule has 1 aliphatic carbocycles. The first kappa shape index (κ1) is 15.8. The highest BCUT2D eigenvalue weighted by Crippen LogP contribution is 2.43. The van der Waals surface area contributed by atoms with E-state index in [0.29, 0.717) is 6.61 Å². The summed E-state index contributed by atoms with van der Waals surface area (Å²) >= 11 is 0. The van der Waals surface area contributed by atoms with Gasteiger partial charge in [0, 0.05) is 11.8 Å². The maximum atomic E-state index is 12.1. The van der Waals surface area contributed by atoms with Gasteiger partial charge in [-0.15, -0.1) is 0 Å². The summed E-state index contributed by atoms with van der Waals surface area (Å²) in [7, 11) is 0. The third-order valence-corrected chi connectivity index (χ3v) is 4.63. The van der Waals surface area contributed by atoms with E-state index in [9.17, 15) is 9.59 Å². The Hall–Kier alpha value is -1.58. The fraction of sp³-hybridized carbons (Fsp3) is 0.647. The summed E-state index contributed by atoms with van der Waals surface area (Å²) in [6.45, 7) is 9.73. The van der Waals surface area contributed by atoms with Crippen LogP contribution >= 0.6 is 0 Å². The molecule has 3 atom stereocenters. The van der Waals surface area contributed by atoms with Crippen molar-refractivity contribution in [3.8, 4) is 0 Å². The van der Waals surface area contributed by atoms with Crippen molar-refractivity contribution in [3.05, 3.63) is 24.3 Å². The lowest BCUT2D eigenvalue weighted by molar-refractivity contribution is -0.154. The van der Waals surface area contributed by atoms with E-state index in [1.165, 1.54) is 0 Å². The molecule has 0 amide bonds. The van der Waals surface area contributed by atoms with Crippen molar-refractivity contribution in [3.63, 3.8) is 0 Å². The van der Waals surface area contributed by atoms with Gasteiger partial charge in [0.15, 0.2) is 0 Å². The van der Waals surface area contributed by atoms with Gasteiger partial charge in [0.2, 0.25) is 0 Å². The average molecular weight is 292 g/mol. The molecule has 4 nitrogen and oxygen atoms in total. The monoisotopic (exact) mass is 292 g/mol. The van der Waals surface area contributed by atoms with E-state index in [-0.39, 0.29) is 29.9 Å². The van der Waals surface area contributed by atoms with Crippen molar-refractivity contribution in [2.24, 2.45) is 22.7 Å². The van der Waals surface area contributed by atoms with Gasteiger partial charge in [-0.3, -0.25) is 9.59 Å². The SMILES string of the molecule is CCOC(=O)C(C)(C)C1C=CC2OC(=O)C(C)(C)C2C=C1. The lowest BCUT2D eigenvalue weighted by Gasteiger charge is -2.27. The summed E-state index contributed by atoms with van der Waals surface area (Å²) < 4.78 is 10.6. The quantitative estimate of drug-likeness (QED) is 0.593. The topological polar surface area (TPSA) is 52.6 Å². The molecular formula is C17H24O4. The molecule has 0 N–H and O–H groups in total. The average Bonchev–Trinajstić information content (AvgIpc) is 2.58. The van der Waals surface area contributed by atoms with Gasteiger partial charge in [-0.1, -0.05) is 18.2 Å². The molecule has 116 valence electrons. The minimum Gasteiger partial charge on any atom is -0.466 e. The Balaban J connectivity index is 2.25. The Morgan fingerprint density at radius 2 is 1.90 bits per heavy atom. The Labute approximate surface area is 126 Å². The van der Waals surface area contributed by atoms with Gasteiger partial charge in [-0.2, -0.15) is 0 Å². The Kier molecular flexibility index (Phi) is 4.00. The smallest absolute Gasteiger partial charge is 0.312 e. The highest BCUT2D eigenvalue weighted by atomic mass is 16.6. The van der Waals surface area contributed by atoms with Crippen LogP contribution in [0.5, 0.6) is 0 Å². The predicted octanol–water partition coefficient (Wildman–Crippen LogP) is 2.89. The molecule has 1 fully saturated rings.